The lowest BCUT2D eigenvalue weighted by Crippen LogP contribution is -1.81. The maximum atomic E-state index is 4.52. The lowest BCUT2D eigenvalue weighted by atomic mass is 10.1. The fourth-order valence-corrected chi connectivity index (χ4v) is 4.50. The predicted octanol–water partition coefficient (Wildman–Crippen LogP) is 5.46. The molecule has 4 rings (SSSR count). The van der Waals surface area contributed by atoms with Crippen molar-refractivity contribution in [1.29, 1.82) is 0 Å². The van der Waals surface area contributed by atoms with Crippen LogP contribution in [0.2, 0.25) is 0 Å². The second-order valence-corrected chi connectivity index (χ2v) is 7.27. The Morgan fingerprint density at radius 3 is 2.20 bits per heavy atom. The number of nitrogens with zero attached hydrogens (tertiary/aromatic N) is 2. The molecule has 3 heterocycles. The summed E-state index contributed by atoms with van der Waals surface area (Å²) in [6.07, 6.45) is 0. The topological polar surface area (TPSA) is 25.8 Å². The minimum absolute atomic E-state index is 1.01. The van der Waals surface area contributed by atoms with Gasteiger partial charge in [-0.1, -0.05) is 18.2 Å². The van der Waals surface area contributed by atoms with Crippen LogP contribution in [0.4, 0.5) is 0 Å². The summed E-state index contributed by atoms with van der Waals surface area (Å²) in [7, 11) is 0. The van der Waals surface area contributed by atoms with Crippen molar-refractivity contribution in [3.63, 3.8) is 0 Å². The van der Waals surface area contributed by atoms with E-state index in [9.17, 15) is 0 Å². The van der Waals surface area contributed by atoms with Gasteiger partial charge >= 0.3 is 0 Å². The van der Waals surface area contributed by atoms with Crippen LogP contribution < -0.4 is 0 Å². The number of fused-ring (bicyclic) bond motifs is 1. The quantitative estimate of drug-likeness (QED) is 0.491. The van der Waals surface area contributed by atoms with Crippen molar-refractivity contribution in [3.05, 3.63) is 46.7 Å². The highest BCUT2D eigenvalue weighted by Crippen LogP contribution is 2.38. The van der Waals surface area contributed by atoms with Gasteiger partial charge in [0.1, 0.15) is 11.0 Å². The maximum Gasteiger partial charge on any atom is 0.114 e. The number of hydrogen-bond acceptors (Lipinski definition) is 5. The van der Waals surface area contributed by atoms with Gasteiger partial charge in [0, 0.05) is 25.8 Å². The molecule has 0 fully saturated rings. The molecule has 20 heavy (non-hydrogen) atoms. The summed E-state index contributed by atoms with van der Waals surface area (Å²) in [6.45, 7) is 2.13. The van der Waals surface area contributed by atoms with Gasteiger partial charge in [-0.05, 0) is 30.5 Å². The van der Waals surface area contributed by atoms with Crippen LogP contribution in [0.3, 0.4) is 0 Å². The second-order valence-electron chi connectivity index (χ2n) is 4.51. The first kappa shape index (κ1) is 12.2. The van der Waals surface area contributed by atoms with E-state index in [4.69, 9.17) is 0 Å². The van der Waals surface area contributed by atoms with Crippen molar-refractivity contribution in [2.24, 2.45) is 0 Å². The highest BCUT2D eigenvalue weighted by Gasteiger charge is 2.14. The number of aromatic nitrogens is 2. The minimum Gasteiger partial charge on any atom is -0.172 e. The average molecular weight is 314 g/mol. The molecule has 0 N–H and O–H groups in total. The van der Waals surface area contributed by atoms with E-state index in [1.807, 2.05) is 0 Å². The molecule has 0 atom stereocenters. The molecule has 0 saturated heterocycles. The first-order valence-electron chi connectivity index (χ1n) is 6.19. The van der Waals surface area contributed by atoms with E-state index >= 15 is 0 Å². The third-order valence-electron chi connectivity index (χ3n) is 3.21. The Labute approximate surface area is 128 Å². The number of thiophene rings is 2. The predicted molar refractivity (Wildman–Crippen MR) is 88.8 cm³/mol. The molecule has 4 aromatic rings. The molecule has 0 radical (unpaired) electrons. The van der Waals surface area contributed by atoms with Crippen molar-refractivity contribution >= 4 is 45.4 Å². The molecule has 0 unspecified atom stereocenters. The SMILES string of the molecule is Cc1ccc(-c2ccc(-c3cccs3)c3nsnc23)s1. The number of hydrogen-bond donors (Lipinski definition) is 0. The highest BCUT2D eigenvalue weighted by molar-refractivity contribution is 7.15. The van der Waals surface area contributed by atoms with Crippen LogP contribution in [0, 0.1) is 6.92 Å². The largest absolute Gasteiger partial charge is 0.172 e. The smallest absolute Gasteiger partial charge is 0.114 e. The highest BCUT2D eigenvalue weighted by atomic mass is 32.1. The summed E-state index contributed by atoms with van der Waals surface area (Å²) >= 11 is 4.83. The summed E-state index contributed by atoms with van der Waals surface area (Å²) in [4.78, 5) is 3.83. The van der Waals surface area contributed by atoms with Gasteiger partial charge in [-0.15, -0.1) is 22.7 Å². The normalized spacial score (nSPS) is 11.2. The van der Waals surface area contributed by atoms with Crippen LogP contribution >= 0.6 is 34.4 Å². The number of aryl methyl sites for hydroxylation is 1. The number of benzene rings is 1. The molecule has 1 aromatic carbocycles. The van der Waals surface area contributed by atoms with Gasteiger partial charge in [0.15, 0.2) is 0 Å². The zero-order chi connectivity index (χ0) is 13.5. The lowest BCUT2D eigenvalue weighted by molar-refractivity contribution is 1.63. The van der Waals surface area contributed by atoms with Gasteiger partial charge in [0.05, 0.1) is 11.7 Å². The Morgan fingerprint density at radius 1 is 0.850 bits per heavy atom. The van der Waals surface area contributed by atoms with Gasteiger partial charge in [0.2, 0.25) is 0 Å². The van der Waals surface area contributed by atoms with Crippen molar-refractivity contribution < 1.29 is 0 Å². The van der Waals surface area contributed by atoms with Crippen LogP contribution in [-0.4, -0.2) is 8.75 Å². The standard InChI is InChI=1S/C15H10N2S3/c1-9-4-7-13(19-9)11-6-5-10(12-3-2-8-18-12)14-15(11)17-20-16-14/h2-8H,1H3. The van der Waals surface area contributed by atoms with E-state index in [1.54, 1.807) is 22.7 Å². The molecule has 2 nitrogen and oxygen atoms in total. The molecule has 5 heteroatoms. The molecule has 0 aliphatic carbocycles. The van der Waals surface area contributed by atoms with Gasteiger partial charge in [-0.2, -0.15) is 8.75 Å². The lowest BCUT2D eigenvalue weighted by Gasteiger charge is -2.03. The average Bonchev–Trinajstić information content (AvgIpc) is 3.18. The van der Waals surface area contributed by atoms with E-state index < -0.39 is 0 Å². The Bertz CT molecular complexity index is 872. The summed E-state index contributed by atoms with van der Waals surface area (Å²) in [5.41, 5.74) is 4.40. The number of rotatable bonds is 2. The zero-order valence-corrected chi connectivity index (χ0v) is 13.1. The minimum atomic E-state index is 1.01. The molecule has 3 aromatic heterocycles. The van der Waals surface area contributed by atoms with Crippen LogP contribution in [0.5, 0.6) is 0 Å². The van der Waals surface area contributed by atoms with E-state index in [0.29, 0.717) is 0 Å². The van der Waals surface area contributed by atoms with E-state index in [1.165, 1.54) is 37.5 Å². The van der Waals surface area contributed by atoms with Crippen molar-refractivity contribution in [2.75, 3.05) is 0 Å². The molecular formula is C15H10N2S3. The fourth-order valence-electron chi connectivity index (χ4n) is 2.28. The van der Waals surface area contributed by atoms with Gasteiger partial charge < -0.3 is 0 Å². The van der Waals surface area contributed by atoms with Crippen LogP contribution in [-0.2, 0) is 0 Å². The van der Waals surface area contributed by atoms with Gasteiger partial charge in [0.25, 0.3) is 0 Å². The van der Waals surface area contributed by atoms with E-state index in [0.717, 1.165) is 11.0 Å². The molecule has 0 amide bonds. The van der Waals surface area contributed by atoms with Crippen LogP contribution in [0.15, 0.2) is 41.8 Å². The summed E-state index contributed by atoms with van der Waals surface area (Å²) in [6, 6.07) is 12.9. The molecule has 0 aliphatic rings. The molecule has 0 spiro atoms. The summed E-state index contributed by atoms with van der Waals surface area (Å²) in [5.74, 6) is 0. The Morgan fingerprint density at radius 2 is 1.60 bits per heavy atom. The molecule has 0 bridgehead atoms. The van der Waals surface area contributed by atoms with Gasteiger partial charge in [-0.25, -0.2) is 0 Å². The van der Waals surface area contributed by atoms with Crippen molar-refractivity contribution in [1.82, 2.24) is 8.75 Å². The zero-order valence-electron chi connectivity index (χ0n) is 10.7. The molecule has 0 saturated carbocycles. The van der Waals surface area contributed by atoms with E-state index in [-0.39, 0.29) is 0 Å². The van der Waals surface area contributed by atoms with E-state index in [2.05, 4.69) is 57.4 Å². The Balaban J connectivity index is 1.98. The maximum absolute atomic E-state index is 4.52. The summed E-state index contributed by atoms with van der Waals surface area (Å²) < 4.78 is 9.03. The van der Waals surface area contributed by atoms with Gasteiger partial charge in [-0.3, -0.25) is 0 Å². The molecule has 0 aliphatic heterocycles. The van der Waals surface area contributed by atoms with Crippen LogP contribution in [0.25, 0.3) is 31.9 Å². The second kappa shape index (κ2) is 4.77. The summed E-state index contributed by atoms with van der Waals surface area (Å²) in [5, 5.41) is 2.09. The van der Waals surface area contributed by atoms with Crippen molar-refractivity contribution in [2.45, 2.75) is 6.92 Å². The van der Waals surface area contributed by atoms with Crippen molar-refractivity contribution in [3.8, 4) is 20.9 Å². The Kier molecular flexibility index (Phi) is 2.91. The molecular weight excluding hydrogens is 304 g/mol. The Hall–Kier alpha value is -1.56. The van der Waals surface area contributed by atoms with Crippen LogP contribution in [0.1, 0.15) is 4.88 Å². The third kappa shape index (κ3) is 1.90. The molecule has 98 valence electrons. The third-order valence-corrected chi connectivity index (χ3v) is 5.67. The monoisotopic (exact) mass is 314 g/mol. The fraction of sp³-hybridized carbons (Fsp3) is 0.0667. The first-order chi connectivity index (χ1) is 9.83. The first-order valence-corrected chi connectivity index (χ1v) is 8.61.